The first-order valence-corrected chi connectivity index (χ1v) is 6.45. The van der Waals surface area contributed by atoms with E-state index in [2.05, 4.69) is 5.32 Å². The summed E-state index contributed by atoms with van der Waals surface area (Å²) in [6.07, 6.45) is 1.66. The summed E-state index contributed by atoms with van der Waals surface area (Å²) in [6.45, 7) is 0.545. The van der Waals surface area contributed by atoms with Gasteiger partial charge in [-0.05, 0) is 25.7 Å². The molecule has 116 valence electrons. The van der Waals surface area contributed by atoms with E-state index in [-0.39, 0.29) is 19.4 Å². The lowest BCUT2D eigenvalue weighted by Crippen LogP contribution is -2.47. The van der Waals surface area contributed by atoms with Gasteiger partial charge in [0.15, 0.2) is 0 Å². The molecule has 0 radical (unpaired) electrons. The van der Waals surface area contributed by atoms with Gasteiger partial charge in [-0.25, -0.2) is 9.59 Å². The molecule has 4 N–H and O–H groups in total. The number of carbonyl (C=O) groups excluding carboxylic acids is 1. The van der Waals surface area contributed by atoms with Crippen LogP contribution in [0.25, 0.3) is 0 Å². The zero-order chi connectivity index (χ0) is 15.5. The molecule has 0 saturated carbocycles. The third-order valence-electron chi connectivity index (χ3n) is 2.74. The quantitative estimate of drug-likeness (QED) is 0.423. The second-order valence-electron chi connectivity index (χ2n) is 4.48. The van der Waals surface area contributed by atoms with Crippen molar-refractivity contribution in [3.05, 3.63) is 0 Å². The largest absolute Gasteiger partial charge is 0.481 e. The zero-order valence-corrected chi connectivity index (χ0v) is 11.5. The molecular formula is C12H22N2O6. The van der Waals surface area contributed by atoms with E-state index in [1.165, 1.54) is 11.9 Å². The Labute approximate surface area is 117 Å². The first-order valence-electron chi connectivity index (χ1n) is 6.45. The lowest BCUT2D eigenvalue weighted by molar-refractivity contribution is -0.140. The molecule has 0 saturated heterocycles. The number of aliphatic carboxylic acids is 2. The molecule has 0 aromatic rings. The molecule has 0 bridgehead atoms. The Hall–Kier alpha value is -1.83. The highest BCUT2D eigenvalue weighted by atomic mass is 16.4. The summed E-state index contributed by atoms with van der Waals surface area (Å²) in [4.78, 5) is 34.4. The highest BCUT2D eigenvalue weighted by Gasteiger charge is 2.22. The Bertz CT molecular complexity index is 334. The van der Waals surface area contributed by atoms with Gasteiger partial charge in [0.2, 0.25) is 0 Å². The number of rotatable bonds is 10. The predicted octanol–water partition coefficient (Wildman–Crippen LogP) is 0.108. The van der Waals surface area contributed by atoms with Crippen LogP contribution in [0.2, 0.25) is 0 Å². The molecule has 0 spiro atoms. The molecule has 0 aromatic carbocycles. The Morgan fingerprint density at radius 1 is 1.15 bits per heavy atom. The summed E-state index contributed by atoms with van der Waals surface area (Å²) in [7, 11) is 1.53. The summed E-state index contributed by atoms with van der Waals surface area (Å²) < 4.78 is 0. The number of aliphatic hydroxyl groups is 1. The highest BCUT2D eigenvalue weighted by molar-refractivity contribution is 5.82. The van der Waals surface area contributed by atoms with Crippen molar-refractivity contribution in [1.29, 1.82) is 0 Å². The summed E-state index contributed by atoms with van der Waals surface area (Å²) in [6, 6.07) is -1.76. The van der Waals surface area contributed by atoms with Crippen LogP contribution in [0.3, 0.4) is 0 Å². The summed E-state index contributed by atoms with van der Waals surface area (Å²) >= 11 is 0. The summed E-state index contributed by atoms with van der Waals surface area (Å²) in [5.74, 6) is -2.36. The van der Waals surface area contributed by atoms with Gasteiger partial charge in [-0.2, -0.15) is 0 Å². The van der Waals surface area contributed by atoms with Crippen LogP contribution in [0.1, 0.15) is 32.1 Å². The first-order chi connectivity index (χ1) is 9.38. The molecule has 0 heterocycles. The molecule has 0 aliphatic carbocycles. The number of nitrogens with zero attached hydrogens (tertiary/aromatic N) is 1. The van der Waals surface area contributed by atoms with Crippen molar-refractivity contribution in [3.63, 3.8) is 0 Å². The average molecular weight is 290 g/mol. The zero-order valence-electron chi connectivity index (χ0n) is 11.5. The number of carbonyl (C=O) groups is 3. The van der Waals surface area contributed by atoms with Crippen molar-refractivity contribution in [2.45, 2.75) is 38.1 Å². The van der Waals surface area contributed by atoms with Crippen molar-refractivity contribution in [3.8, 4) is 0 Å². The maximum absolute atomic E-state index is 11.7. The molecule has 0 rings (SSSR count). The minimum absolute atomic E-state index is 0.103. The molecule has 20 heavy (non-hydrogen) atoms. The van der Waals surface area contributed by atoms with Crippen molar-refractivity contribution in [1.82, 2.24) is 10.2 Å². The van der Waals surface area contributed by atoms with Crippen molar-refractivity contribution in [2.75, 3.05) is 20.2 Å². The van der Waals surface area contributed by atoms with E-state index in [1.54, 1.807) is 0 Å². The molecule has 0 fully saturated rings. The lowest BCUT2D eigenvalue weighted by Gasteiger charge is -2.21. The SMILES string of the molecule is CN(CCCCCO)C(=O)NC(CCC(=O)O)C(=O)O. The van der Waals surface area contributed by atoms with Crippen LogP contribution in [0.4, 0.5) is 4.79 Å². The molecule has 8 heteroatoms. The number of hydrogen-bond donors (Lipinski definition) is 4. The van der Waals surface area contributed by atoms with E-state index in [0.29, 0.717) is 19.4 Å². The molecule has 1 atom stereocenters. The Morgan fingerprint density at radius 2 is 1.80 bits per heavy atom. The number of urea groups is 1. The molecule has 0 aliphatic heterocycles. The third kappa shape index (κ3) is 8.30. The monoisotopic (exact) mass is 290 g/mol. The maximum atomic E-state index is 11.7. The van der Waals surface area contributed by atoms with Crippen LogP contribution >= 0.6 is 0 Å². The standard InChI is InChI=1S/C12H22N2O6/c1-14(7-3-2-4-8-15)12(20)13-9(11(18)19)5-6-10(16)17/h9,15H,2-8H2,1H3,(H,13,20)(H,16,17)(H,18,19). The number of carboxylic acids is 2. The van der Waals surface area contributed by atoms with E-state index < -0.39 is 24.0 Å². The van der Waals surface area contributed by atoms with Gasteiger partial charge in [-0.15, -0.1) is 0 Å². The van der Waals surface area contributed by atoms with Gasteiger partial charge in [0, 0.05) is 26.6 Å². The second kappa shape index (κ2) is 10.0. The average Bonchev–Trinajstić information content (AvgIpc) is 2.38. The van der Waals surface area contributed by atoms with Crippen LogP contribution < -0.4 is 5.32 Å². The number of aliphatic hydroxyl groups excluding tert-OH is 1. The minimum Gasteiger partial charge on any atom is -0.481 e. The fraction of sp³-hybridized carbons (Fsp3) is 0.750. The first kappa shape index (κ1) is 18.2. The molecule has 0 aromatic heterocycles. The van der Waals surface area contributed by atoms with Gasteiger partial charge in [0.1, 0.15) is 6.04 Å². The molecule has 0 aliphatic rings. The van der Waals surface area contributed by atoms with Crippen LogP contribution in [0.15, 0.2) is 0 Å². The molecule has 8 nitrogen and oxygen atoms in total. The summed E-state index contributed by atoms with van der Waals surface area (Å²) in [5, 5.41) is 28.3. The smallest absolute Gasteiger partial charge is 0.326 e. The fourth-order valence-corrected chi connectivity index (χ4v) is 1.52. The Morgan fingerprint density at radius 3 is 2.30 bits per heavy atom. The van der Waals surface area contributed by atoms with E-state index in [1.807, 2.05) is 0 Å². The van der Waals surface area contributed by atoms with E-state index in [0.717, 1.165) is 6.42 Å². The minimum atomic E-state index is -1.26. The second-order valence-corrected chi connectivity index (χ2v) is 4.48. The Kier molecular flexibility index (Phi) is 9.10. The molecular weight excluding hydrogens is 268 g/mol. The van der Waals surface area contributed by atoms with Crippen molar-refractivity contribution in [2.24, 2.45) is 0 Å². The lowest BCUT2D eigenvalue weighted by atomic mass is 10.1. The van der Waals surface area contributed by atoms with E-state index in [9.17, 15) is 14.4 Å². The number of unbranched alkanes of at least 4 members (excludes halogenated alkanes) is 2. The van der Waals surface area contributed by atoms with Gasteiger partial charge in [0.25, 0.3) is 0 Å². The number of nitrogens with one attached hydrogen (secondary N) is 1. The van der Waals surface area contributed by atoms with Crippen LogP contribution in [0, 0.1) is 0 Å². The fourth-order valence-electron chi connectivity index (χ4n) is 1.52. The van der Waals surface area contributed by atoms with E-state index >= 15 is 0 Å². The van der Waals surface area contributed by atoms with Gasteiger partial charge in [0.05, 0.1) is 0 Å². The van der Waals surface area contributed by atoms with Crippen molar-refractivity contribution >= 4 is 18.0 Å². The molecule has 2 amide bonds. The number of carboxylic acid groups (broad SMARTS) is 2. The topological polar surface area (TPSA) is 127 Å². The molecule has 1 unspecified atom stereocenters. The van der Waals surface area contributed by atoms with Gasteiger partial charge < -0.3 is 25.5 Å². The normalized spacial score (nSPS) is 11.7. The number of amides is 2. The maximum Gasteiger partial charge on any atom is 0.326 e. The predicted molar refractivity (Wildman–Crippen MR) is 70.4 cm³/mol. The van der Waals surface area contributed by atoms with E-state index in [4.69, 9.17) is 15.3 Å². The Balaban J connectivity index is 4.16. The van der Waals surface area contributed by atoms with Crippen LogP contribution in [0.5, 0.6) is 0 Å². The number of hydrogen-bond acceptors (Lipinski definition) is 4. The van der Waals surface area contributed by atoms with Gasteiger partial charge in [-0.1, -0.05) is 0 Å². The van der Waals surface area contributed by atoms with Gasteiger partial charge in [-0.3, -0.25) is 4.79 Å². The van der Waals surface area contributed by atoms with Gasteiger partial charge >= 0.3 is 18.0 Å². The van der Waals surface area contributed by atoms with Crippen LogP contribution in [-0.2, 0) is 9.59 Å². The highest BCUT2D eigenvalue weighted by Crippen LogP contribution is 2.01. The van der Waals surface area contributed by atoms with Crippen LogP contribution in [-0.4, -0.2) is 64.4 Å². The van der Waals surface area contributed by atoms with Crippen molar-refractivity contribution < 1.29 is 29.7 Å². The third-order valence-corrected chi connectivity index (χ3v) is 2.74. The summed E-state index contributed by atoms with van der Waals surface area (Å²) in [5.41, 5.74) is 0.